The smallest absolute Gasteiger partial charge is 0.256 e. The molecule has 1 amide bonds. The number of allylic oxidation sites excluding steroid dienone is 1. The lowest BCUT2D eigenvalue weighted by atomic mass is 9.79. The van der Waals surface area contributed by atoms with Crippen molar-refractivity contribution in [2.75, 3.05) is 25.1 Å². The molecule has 0 spiro atoms. The number of rotatable bonds is 5. The van der Waals surface area contributed by atoms with Crippen molar-refractivity contribution in [3.8, 4) is 16.9 Å². The number of Topliss-reactive ketones (excluding diaryl/α,β-unsaturated/α-hetero) is 1. The first kappa shape index (κ1) is 25.9. The van der Waals surface area contributed by atoms with Gasteiger partial charge in [0.1, 0.15) is 5.75 Å². The van der Waals surface area contributed by atoms with Gasteiger partial charge in [0, 0.05) is 30.2 Å². The largest absolute Gasteiger partial charge is 0.508 e. The fourth-order valence-electron chi connectivity index (χ4n) is 5.61. The molecule has 3 N–H and O–H groups in total. The van der Waals surface area contributed by atoms with Gasteiger partial charge in [-0.05, 0) is 59.5 Å². The number of aromatic hydroxyl groups is 1. The van der Waals surface area contributed by atoms with Crippen molar-refractivity contribution in [2.45, 2.75) is 12.5 Å². The Kier molecular flexibility index (Phi) is 7.15. The molecule has 8 heteroatoms. The summed E-state index contributed by atoms with van der Waals surface area (Å²) < 4.78 is 5.64. The molecule has 3 aliphatic rings. The maximum Gasteiger partial charge on any atom is 0.256 e. The molecule has 40 heavy (non-hydrogen) atoms. The minimum Gasteiger partial charge on any atom is -0.508 e. The van der Waals surface area contributed by atoms with Gasteiger partial charge in [0.05, 0.1) is 41.5 Å². The number of morpholine rings is 1. The van der Waals surface area contributed by atoms with E-state index < -0.39 is 5.91 Å². The van der Waals surface area contributed by atoms with E-state index in [0.717, 1.165) is 16.8 Å². The molecule has 0 radical (unpaired) electrons. The first-order chi connectivity index (χ1) is 19.5. The summed E-state index contributed by atoms with van der Waals surface area (Å²) in [7, 11) is 0. The van der Waals surface area contributed by atoms with E-state index in [0.29, 0.717) is 48.6 Å². The molecule has 3 aromatic carbocycles. The predicted molar refractivity (Wildman–Crippen MR) is 155 cm³/mol. The molecular weight excluding hydrogens is 526 g/mol. The zero-order valence-electron chi connectivity index (χ0n) is 21.6. The fourth-order valence-corrected chi connectivity index (χ4v) is 5.89. The third kappa shape index (κ3) is 5.01. The summed E-state index contributed by atoms with van der Waals surface area (Å²) in [6.45, 7) is 1.80. The van der Waals surface area contributed by atoms with Crippen LogP contribution in [-0.4, -0.2) is 47.5 Å². The van der Waals surface area contributed by atoms with Gasteiger partial charge in [0.15, 0.2) is 5.78 Å². The van der Waals surface area contributed by atoms with Crippen LogP contribution >= 0.6 is 11.6 Å². The number of benzene rings is 3. The molecule has 3 aromatic rings. The molecule has 2 atom stereocenters. The Morgan fingerprint density at radius 3 is 2.70 bits per heavy atom. The number of nitrogens with one attached hydrogen (secondary N) is 2. The Balaban J connectivity index is 1.25. The van der Waals surface area contributed by atoms with Crippen LogP contribution < -0.4 is 10.6 Å². The van der Waals surface area contributed by atoms with Crippen LogP contribution in [0.2, 0.25) is 5.02 Å². The number of phenols is 1. The summed E-state index contributed by atoms with van der Waals surface area (Å²) in [6, 6.07) is 19.0. The van der Waals surface area contributed by atoms with E-state index in [-0.39, 0.29) is 28.5 Å². The van der Waals surface area contributed by atoms with Crippen LogP contribution in [0, 0.1) is 5.92 Å². The van der Waals surface area contributed by atoms with Crippen molar-refractivity contribution in [1.82, 2.24) is 10.2 Å². The Labute approximate surface area is 237 Å². The van der Waals surface area contributed by atoms with E-state index in [4.69, 9.17) is 16.3 Å². The average molecular weight is 554 g/mol. The normalized spacial score (nSPS) is 19.8. The second kappa shape index (κ2) is 11.0. The highest BCUT2D eigenvalue weighted by atomic mass is 35.5. The van der Waals surface area contributed by atoms with E-state index in [1.54, 1.807) is 30.3 Å². The molecule has 0 aromatic heterocycles. The first-order valence-electron chi connectivity index (χ1n) is 13.2. The standard InChI is InChI=1S/C32H28ClN3O4/c33-29-15-22(35-32(39)28-16-24(37)10-12-25(28)20-5-2-1-3-6-20)9-11-26(29)31(38)27-8-4-7-21-17-34-18-23-19-40-14-13-36(23)30(21)27/h1-7,9-12,15-18,27,30,34,37H,8,13-14,19H2,(H,35,39)/t27?,30-/m1/s1. The lowest BCUT2D eigenvalue weighted by molar-refractivity contribution is 0.0455. The Morgan fingerprint density at radius 2 is 1.88 bits per heavy atom. The van der Waals surface area contributed by atoms with Gasteiger partial charge >= 0.3 is 0 Å². The van der Waals surface area contributed by atoms with Crippen molar-refractivity contribution in [3.63, 3.8) is 0 Å². The molecule has 7 nitrogen and oxygen atoms in total. The number of phenolic OH excluding ortho intramolecular Hbond substituents is 1. The number of amides is 1. The summed E-state index contributed by atoms with van der Waals surface area (Å²) >= 11 is 6.67. The lowest BCUT2D eigenvalue weighted by Crippen LogP contribution is -2.48. The Morgan fingerprint density at radius 1 is 1.02 bits per heavy atom. The average Bonchev–Trinajstić information content (AvgIpc) is 3.17. The van der Waals surface area contributed by atoms with Crippen LogP contribution in [0.3, 0.4) is 0 Å². The quantitative estimate of drug-likeness (QED) is 0.348. The van der Waals surface area contributed by atoms with Gasteiger partial charge in [-0.25, -0.2) is 0 Å². The second-order valence-electron chi connectivity index (χ2n) is 9.99. The van der Waals surface area contributed by atoms with E-state index in [9.17, 15) is 14.7 Å². The minimum absolute atomic E-state index is 0.00857. The number of anilines is 1. The van der Waals surface area contributed by atoms with E-state index in [1.165, 1.54) is 6.07 Å². The first-order valence-corrected chi connectivity index (χ1v) is 13.6. The second-order valence-corrected chi connectivity index (χ2v) is 10.4. The van der Waals surface area contributed by atoms with Gasteiger partial charge in [-0.3, -0.25) is 9.59 Å². The van der Waals surface area contributed by atoms with Crippen LogP contribution in [0.25, 0.3) is 11.1 Å². The number of carbonyl (C=O) groups is 2. The van der Waals surface area contributed by atoms with Crippen molar-refractivity contribution >= 4 is 29.0 Å². The number of ether oxygens (including phenoxy) is 1. The van der Waals surface area contributed by atoms with Gasteiger partial charge in [-0.1, -0.05) is 54.1 Å². The van der Waals surface area contributed by atoms with Crippen LogP contribution in [-0.2, 0) is 4.74 Å². The van der Waals surface area contributed by atoms with Crippen LogP contribution in [0.1, 0.15) is 27.1 Å². The van der Waals surface area contributed by atoms with Gasteiger partial charge in [0.2, 0.25) is 0 Å². The predicted octanol–water partition coefficient (Wildman–Crippen LogP) is 5.75. The number of ketones is 1. The van der Waals surface area contributed by atoms with Crippen molar-refractivity contribution in [2.24, 2.45) is 5.92 Å². The van der Waals surface area contributed by atoms with Gasteiger partial charge in [-0.15, -0.1) is 0 Å². The van der Waals surface area contributed by atoms with E-state index in [1.807, 2.05) is 48.8 Å². The fraction of sp³-hybridized carbons (Fsp3) is 0.188. The third-order valence-corrected chi connectivity index (χ3v) is 7.83. The maximum atomic E-state index is 13.9. The van der Waals surface area contributed by atoms with Gasteiger partial charge in [0.25, 0.3) is 5.91 Å². The number of nitrogens with zero attached hydrogens (tertiary/aromatic N) is 1. The Bertz CT molecular complexity index is 1560. The Hall–Kier alpha value is -4.33. The highest BCUT2D eigenvalue weighted by Gasteiger charge is 2.39. The molecule has 0 bridgehead atoms. The molecule has 1 unspecified atom stereocenters. The van der Waals surface area contributed by atoms with Gasteiger partial charge in [-0.2, -0.15) is 0 Å². The molecular formula is C32H28ClN3O4. The summed E-state index contributed by atoms with van der Waals surface area (Å²) in [5.74, 6) is -0.771. The third-order valence-electron chi connectivity index (χ3n) is 7.52. The number of fused-ring (bicyclic) bond motifs is 3. The molecule has 2 aliphatic heterocycles. The van der Waals surface area contributed by atoms with Crippen molar-refractivity contribution < 1.29 is 19.4 Å². The van der Waals surface area contributed by atoms with Crippen molar-refractivity contribution in [1.29, 1.82) is 0 Å². The summed E-state index contributed by atoms with van der Waals surface area (Å²) in [6.07, 6.45) is 8.57. The topological polar surface area (TPSA) is 90.9 Å². The number of halogens is 1. The molecule has 1 saturated heterocycles. The minimum atomic E-state index is -0.394. The van der Waals surface area contributed by atoms with Crippen LogP contribution in [0.4, 0.5) is 5.69 Å². The zero-order chi connectivity index (χ0) is 27.6. The highest BCUT2D eigenvalue weighted by molar-refractivity contribution is 6.34. The summed E-state index contributed by atoms with van der Waals surface area (Å²) in [5, 5.41) is 16.4. The lowest BCUT2D eigenvalue weighted by Gasteiger charge is -2.42. The molecule has 0 saturated carbocycles. The number of carbonyl (C=O) groups excluding carboxylic acids is 2. The zero-order valence-corrected chi connectivity index (χ0v) is 22.4. The van der Waals surface area contributed by atoms with E-state index >= 15 is 0 Å². The molecule has 2 heterocycles. The van der Waals surface area contributed by atoms with Crippen LogP contribution in [0.5, 0.6) is 5.75 Å². The van der Waals surface area contributed by atoms with E-state index in [2.05, 4.69) is 21.6 Å². The molecule has 202 valence electrons. The molecule has 1 aliphatic carbocycles. The molecule has 1 fully saturated rings. The SMILES string of the molecule is O=C(Nc1ccc(C(=O)C2CC=CC3=CNC=C4COCCN4[C@H]32)c(Cl)c1)c1cc(O)ccc1-c1ccccc1. The van der Waals surface area contributed by atoms with Crippen LogP contribution in [0.15, 0.2) is 103 Å². The van der Waals surface area contributed by atoms with Gasteiger partial charge < -0.3 is 25.4 Å². The highest BCUT2D eigenvalue weighted by Crippen LogP contribution is 2.36. The maximum absolute atomic E-state index is 13.9. The number of hydrogen-bond acceptors (Lipinski definition) is 6. The van der Waals surface area contributed by atoms with Crippen molar-refractivity contribution in [3.05, 3.63) is 119 Å². The monoisotopic (exact) mass is 553 g/mol. The summed E-state index contributed by atoms with van der Waals surface area (Å²) in [5.41, 5.74) is 4.80. The summed E-state index contributed by atoms with van der Waals surface area (Å²) in [4.78, 5) is 29.4. The number of hydrogen-bond donors (Lipinski definition) is 3. The molecule has 6 rings (SSSR count).